The van der Waals surface area contributed by atoms with Crippen LogP contribution < -0.4 is 0 Å². The molecule has 0 aromatic heterocycles. The molecule has 2 atom stereocenters. The van der Waals surface area contributed by atoms with E-state index in [-0.39, 0.29) is 12.1 Å². The van der Waals surface area contributed by atoms with Crippen LogP contribution in [0.15, 0.2) is 0 Å². The van der Waals surface area contributed by atoms with Gasteiger partial charge in [-0.15, -0.1) is 0 Å². The molecule has 3 saturated heterocycles. The molecular formula is C19H34N2O3. The molecule has 3 heterocycles. The van der Waals surface area contributed by atoms with Crippen molar-refractivity contribution in [1.82, 2.24) is 9.80 Å². The van der Waals surface area contributed by atoms with Gasteiger partial charge in [-0.1, -0.05) is 20.3 Å². The second-order valence-electron chi connectivity index (χ2n) is 7.93. The largest absolute Gasteiger partial charge is 0.379 e. The number of nitrogens with zero attached hydrogens (tertiary/aromatic N) is 2. The lowest BCUT2D eigenvalue weighted by Gasteiger charge is -2.41. The molecule has 0 aliphatic carbocycles. The van der Waals surface area contributed by atoms with Crippen LogP contribution in [0.3, 0.4) is 0 Å². The third-order valence-corrected chi connectivity index (χ3v) is 5.70. The highest BCUT2D eigenvalue weighted by molar-refractivity contribution is 5.82. The molecule has 24 heavy (non-hydrogen) atoms. The molecule has 3 aliphatic rings. The molecule has 0 bridgehead atoms. The smallest absolute Gasteiger partial charge is 0.240 e. The summed E-state index contributed by atoms with van der Waals surface area (Å²) in [7, 11) is 0. The number of likely N-dealkylation sites (tertiary alicyclic amines) is 2. The molecule has 0 N–H and O–H groups in total. The van der Waals surface area contributed by atoms with Gasteiger partial charge in [-0.2, -0.15) is 0 Å². The van der Waals surface area contributed by atoms with Gasteiger partial charge in [0.15, 0.2) is 0 Å². The molecule has 1 amide bonds. The fourth-order valence-corrected chi connectivity index (χ4v) is 4.35. The lowest BCUT2D eigenvalue weighted by molar-refractivity contribution is -0.142. The summed E-state index contributed by atoms with van der Waals surface area (Å²) in [6.45, 7) is 9.78. The number of carbonyl (C=O) groups is 1. The molecule has 0 saturated carbocycles. The summed E-state index contributed by atoms with van der Waals surface area (Å²) in [5.74, 6) is 0.717. The fraction of sp³-hybridized carbons (Fsp3) is 0.947. The summed E-state index contributed by atoms with van der Waals surface area (Å²) in [6, 6.07) is 0.0611. The average Bonchev–Trinajstić information content (AvgIpc) is 3.09. The van der Waals surface area contributed by atoms with Gasteiger partial charge in [-0.05, 0) is 51.1 Å². The number of hydrogen-bond acceptors (Lipinski definition) is 4. The third-order valence-electron chi connectivity index (χ3n) is 5.70. The monoisotopic (exact) mass is 338 g/mol. The molecule has 0 aromatic rings. The minimum atomic E-state index is 0.0611. The van der Waals surface area contributed by atoms with E-state index in [0.717, 1.165) is 58.7 Å². The predicted octanol–water partition coefficient (Wildman–Crippen LogP) is 2.29. The summed E-state index contributed by atoms with van der Waals surface area (Å²) in [5.41, 5.74) is 0. The Bertz CT molecular complexity index is 395. The van der Waals surface area contributed by atoms with E-state index in [2.05, 4.69) is 23.6 Å². The van der Waals surface area contributed by atoms with Crippen LogP contribution in [0, 0.1) is 5.92 Å². The van der Waals surface area contributed by atoms with Crippen LogP contribution in [0.5, 0.6) is 0 Å². The highest BCUT2D eigenvalue weighted by atomic mass is 16.5. The maximum atomic E-state index is 13.1. The van der Waals surface area contributed by atoms with E-state index in [0.29, 0.717) is 17.9 Å². The lowest BCUT2D eigenvalue weighted by Crippen LogP contribution is -2.54. The molecule has 0 spiro atoms. The minimum Gasteiger partial charge on any atom is -0.379 e. The first-order valence-corrected chi connectivity index (χ1v) is 9.91. The first-order valence-electron chi connectivity index (χ1n) is 9.91. The van der Waals surface area contributed by atoms with Gasteiger partial charge in [0.1, 0.15) is 0 Å². The summed E-state index contributed by atoms with van der Waals surface area (Å²) >= 11 is 0. The van der Waals surface area contributed by atoms with Crippen molar-refractivity contribution < 1.29 is 14.3 Å². The van der Waals surface area contributed by atoms with E-state index >= 15 is 0 Å². The molecule has 0 unspecified atom stereocenters. The first-order chi connectivity index (χ1) is 11.6. The normalized spacial score (nSPS) is 28.5. The zero-order valence-corrected chi connectivity index (χ0v) is 15.4. The van der Waals surface area contributed by atoms with Crippen molar-refractivity contribution in [3.05, 3.63) is 0 Å². The molecule has 138 valence electrons. The Kier molecular flexibility index (Phi) is 6.53. The van der Waals surface area contributed by atoms with Gasteiger partial charge in [-0.25, -0.2) is 0 Å². The zero-order chi connectivity index (χ0) is 16.9. The second-order valence-corrected chi connectivity index (χ2v) is 7.93. The van der Waals surface area contributed by atoms with Crippen LogP contribution in [-0.4, -0.2) is 73.3 Å². The minimum absolute atomic E-state index is 0.0611. The van der Waals surface area contributed by atoms with Crippen LogP contribution in [-0.2, 0) is 14.3 Å². The Balaban J connectivity index is 1.50. The summed E-state index contributed by atoms with van der Waals surface area (Å²) in [5, 5.41) is 0. The van der Waals surface area contributed by atoms with Gasteiger partial charge < -0.3 is 14.4 Å². The van der Waals surface area contributed by atoms with Crippen LogP contribution in [0.1, 0.15) is 52.4 Å². The van der Waals surface area contributed by atoms with E-state index in [1.165, 1.54) is 19.3 Å². The van der Waals surface area contributed by atoms with E-state index in [9.17, 15) is 4.79 Å². The molecule has 3 fully saturated rings. The quantitative estimate of drug-likeness (QED) is 0.771. The van der Waals surface area contributed by atoms with Crippen molar-refractivity contribution in [3.8, 4) is 0 Å². The number of carbonyl (C=O) groups excluding carboxylic acids is 1. The van der Waals surface area contributed by atoms with E-state index in [4.69, 9.17) is 9.47 Å². The number of ether oxygens (including phenoxy) is 2. The Morgan fingerprint density at radius 1 is 1.00 bits per heavy atom. The number of hydrogen-bond donors (Lipinski definition) is 0. The van der Waals surface area contributed by atoms with Crippen molar-refractivity contribution in [1.29, 1.82) is 0 Å². The SMILES string of the molecule is CC(C)[C@H](C(=O)N1CCC(O[C@@H]2CCOC2)CC1)N1CCCCC1. The van der Waals surface area contributed by atoms with Crippen molar-refractivity contribution in [3.63, 3.8) is 0 Å². The van der Waals surface area contributed by atoms with Crippen LogP contribution >= 0.6 is 0 Å². The second kappa shape index (κ2) is 8.63. The number of piperidine rings is 2. The highest BCUT2D eigenvalue weighted by Crippen LogP contribution is 2.23. The maximum absolute atomic E-state index is 13.1. The molecule has 5 heteroatoms. The Morgan fingerprint density at radius 2 is 1.71 bits per heavy atom. The molecule has 0 aromatic carbocycles. The third kappa shape index (κ3) is 4.50. The summed E-state index contributed by atoms with van der Waals surface area (Å²) in [6.07, 6.45) is 7.29. The van der Waals surface area contributed by atoms with Crippen molar-refractivity contribution in [2.75, 3.05) is 39.4 Å². The molecule has 0 radical (unpaired) electrons. The average molecular weight is 338 g/mol. The van der Waals surface area contributed by atoms with Gasteiger partial charge in [0.2, 0.25) is 5.91 Å². The lowest BCUT2D eigenvalue weighted by atomic mass is 9.96. The topological polar surface area (TPSA) is 42.0 Å². The highest BCUT2D eigenvalue weighted by Gasteiger charge is 2.35. The van der Waals surface area contributed by atoms with Gasteiger partial charge in [0.05, 0.1) is 24.9 Å². The predicted molar refractivity (Wildman–Crippen MR) is 94.0 cm³/mol. The Labute approximate surface area is 146 Å². The van der Waals surface area contributed by atoms with Gasteiger partial charge in [0, 0.05) is 19.7 Å². The van der Waals surface area contributed by atoms with Crippen molar-refractivity contribution in [2.45, 2.75) is 70.6 Å². The summed E-state index contributed by atoms with van der Waals surface area (Å²) < 4.78 is 11.5. The number of amides is 1. The zero-order valence-electron chi connectivity index (χ0n) is 15.4. The molecular weight excluding hydrogens is 304 g/mol. The van der Waals surface area contributed by atoms with Gasteiger partial charge in [0.25, 0.3) is 0 Å². The van der Waals surface area contributed by atoms with E-state index < -0.39 is 0 Å². The maximum Gasteiger partial charge on any atom is 0.240 e. The molecule has 5 nitrogen and oxygen atoms in total. The van der Waals surface area contributed by atoms with Gasteiger partial charge >= 0.3 is 0 Å². The van der Waals surface area contributed by atoms with Crippen molar-refractivity contribution in [2.24, 2.45) is 5.92 Å². The van der Waals surface area contributed by atoms with Gasteiger partial charge in [-0.3, -0.25) is 9.69 Å². The Hall–Kier alpha value is -0.650. The number of rotatable bonds is 5. The first kappa shape index (κ1) is 18.2. The Morgan fingerprint density at radius 3 is 2.29 bits per heavy atom. The van der Waals surface area contributed by atoms with Crippen LogP contribution in [0.4, 0.5) is 0 Å². The van der Waals surface area contributed by atoms with Crippen LogP contribution in [0.2, 0.25) is 0 Å². The molecule has 3 aliphatic heterocycles. The van der Waals surface area contributed by atoms with E-state index in [1.54, 1.807) is 0 Å². The van der Waals surface area contributed by atoms with Crippen LogP contribution in [0.25, 0.3) is 0 Å². The summed E-state index contributed by atoms with van der Waals surface area (Å²) in [4.78, 5) is 17.6. The standard InChI is InChI=1S/C19H34N2O3/c1-15(2)18(20-9-4-3-5-10-20)19(22)21-11-6-16(7-12-21)24-17-8-13-23-14-17/h15-18H,3-14H2,1-2H3/t17-,18-/m1/s1. The fourth-order valence-electron chi connectivity index (χ4n) is 4.35. The van der Waals surface area contributed by atoms with E-state index in [1.807, 2.05) is 0 Å². The van der Waals surface area contributed by atoms with Crippen molar-refractivity contribution >= 4 is 5.91 Å². The molecule has 3 rings (SSSR count).